The molecule has 0 unspecified atom stereocenters. The van der Waals surface area contributed by atoms with E-state index < -0.39 is 12.1 Å². The van der Waals surface area contributed by atoms with Crippen LogP contribution in [-0.2, 0) is 24.2 Å². The van der Waals surface area contributed by atoms with Crippen LogP contribution >= 0.6 is 15.9 Å². The van der Waals surface area contributed by atoms with E-state index in [4.69, 9.17) is 9.26 Å². The second-order valence-corrected chi connectivity index (χ2v) is 8.22. The van der Waals surface area contributed by atoms with Gasteiger partial charge in [-0.1, -0.05) is 93.9 Å². The average molecular weight is 492 g/mol. The standard InChI is InChI=1S/C25H22BrN3O3/c26-21-13-11-19(12-14-21)16-23-28-24(32-29-23)22(15-18-7-3-1-4-8-18)27-25(30)31-17-20-9-5-2-6-10-20/h1-14,22H,15-17H2,(H,27,30)/t22-/m0/s1. The summed E-state index contributed by atoms with van der Waals surface area (Å²) in [6, 6.07) is 26.8. The molecule has 6 nitrogen and oxygen atoms in total. The van der Waals surface area contributed by atoms with Gasteiger partial charge in [0.15, 0.2) is 5.82 Å². The van der Waals surface area contributed by atoms with E-state index in [1.807, 2.05) is 84.9 Å². The van der Waals surface area contributed by atoms with E-state index in [0.29, 0.717) is 24.6 Å². The molecule has 1 amide bonds. The van der Waals surface area contributed by atoms with Crippen molar-refractivity contribution < 1.29 is 14.1 Å². The molecule has 0 saturated carbocycles. The molecule has 1 aromatic heterocycles. The van der Waals surface area contributed by atoms with Gasteiger partial charge in [0, 0.05) is 17.3 Å². The highest BCUT2D eigenvalue weighted by Gasteiger charge is 2.23. The van der Waals surface area contributed by atoms with E-state index in [2.05, 4.69) is 31.4 Å². The second kappa shape index (κ2) is 10.7. The molecule has 0 aliphatic rings. The number of carbonyl (C=O) groups excluding carboxylic acids is 1. The van der Waals surface area contributed by atoms with Crippen molar-refractivity contribution in [3.8, 4) is 0 Å². The SMILES string of the molecule is O=C(N[C@@H](Cc1ccccc1)c1nc(Cc2ccc(Br)cc2)no1)OCc1ccccc1. The van der Waals surface area contributed by atoms with Crippen molar-refractivity contribution in [2.75, 3.05) is 0 Å². The van der Waals surface area contributed by atoms with Gasteiger partial charge in [-0.25, -0.2) is 4.79 Å². The Morgan fingerprint density at radius 1 is 0.906 bits per heavy atom. The summed E-state index contributed by atoms with van der Waals surface area (Å²) >= 11 is 3.43. The minimum absolute atomic E-state index is 0.184. The number of hydrogen-bond donors (Lipinski definition) is 1. The molecular formula is C25H22BrN3O3. The zero-order valence-electron chi connectivity index (χ0n) is 17.3. The molecule has 0 bridgehead atoms. The van der Waals surface area contributed by atoms with Crippen LogP contribution in [0.4, 0.5) is 4.79 Å². The molecule has 162 valence electrons. The normalized spacial score (nSPS) is 11.7. The summed E-state index contributed by atoms with van der Waals surface area (Å²) < 4.78 is 11.9. The van der Waals surface area contributed by atoms with Gasteiger partial charge in [-0.2, -0.15) is 4.98 Å². The predicted octanol–water partition coefficient (Wildman–Crippen LogP) is 5.63. The summed E-state index contributed by atoms with van der Waals surface area (Å²) in [5, 5.41) is 6.98. The topological polar surface area (TPSA) is 77.3 Å². The van der Waals surface area contributed by atoms with Crippen molar-refractivity contribution in [3.63, 3.8) is 0 Å². The van der Waals surface area contributed by atoms with E-state index in [0.717, 1.165) is 21.2 Å². The van der Waals surface area contributed by atoms with Gasteiger partial charge in [0.2, 0.25) is 5.89 Å². The van der Waals surface area contributed by atoms with E-state index in [1.54, 1.807) is 0 Å². The van der Waals surface area contributed by atoms with Gasteiger partial charge in [0.25, 0.3) is 0 Å². The van der Waals surface area contributed by atoms with Gasteiger partial charge in [-0.05, 0) is 28.8 Å². The van der Waals surface area contributed by atoms with Gasteiger partial charge >= 0.3 is 6.09 Å². The summed E-state index contributed by atoms with van der Waals surface area (Å²) in [5.41, 5.74) is 3.01. The molecule has 1 N–H and O–H groups in total. The summed E-state index contributed by atoms with van der Waals surface area (Å²) in [6.45, 7) is 0.184. The molecule has 0 spiro atoms. The van der Waals surface area contributed by atoms with Crippen molar-refractivity contribution in [3.05, 3.63) is 118 Å². The summed E-state index contributed by atoms with van der Waals surface area (Å²) in [4.78, 5) is 17.0. The first-order valence-electron chi connectivity index (χ1n) is 10.2. The Bertz CT molecular complexity index is 1130. The molecule has 7 heteroatoms. The number of aromatic nitrogens is 2. The summed E-state index contributed by atoms with van der Waals surface area (Å²) in [7, 11) is 0. The van der Waals surface area contributed by atoms with Gasteiger partial charge in [-0.3, -0.25) is 0 Å². The monoisotopic (exact) mass is 491 g/mol. The number of rotatable bonds is 8. The molecule has 4 aromatic rings. The molecule has 0 aliphatic heterocycles. The maximum atomic E-state index is 12.5. The number of hydrogen-bond acceptors (Lipinski definition) is 5. The van der Waals surface area contributed by atoms with Gasteiger partial charge in [0.1, 0.15) is 12.6 Å². The Balaban J connectivity index is 1.45. The van der Waals surface area contributed by atoms with E-state index in [9.17, 15) is 4.79 Å². The average Bonchev–Trinajstić information content (AvgIpc) is 3.29. The lowest BCUT2D eigenvalue weighted by Gasteiger charge is -2.15. The number of nitrogens with one attached hydrogen (secondary N) is 1. The van der Waals surface area contributed by atoms with Crippen LogP contribution < -0.4 is 5.32 Å². The maximum Gasteiger partial charge on any atom is 0.408 e. The third kappa shape index (κ3) is 6.28. The number of benzene rings is 3. The van der Waals surface area contributed by atoms with Crippen molar-refractivity contribution >= 4 is 22.0 Å². The molecule has 4 rings (SSSR count). The number of nitrogens with zero attached hydrogens (tertiary/aromatic N) is 2. The molecule has 32 heavy (non-hydrogen) atoms. The van der Waals surface area contributed by atoms with Crippen molar-refractivity contribution in [2.24, 2.45) is 0 Å². The van der Waals surface area contributed by atoms with Crippen LogP contribution in [0.2, 0.25) is 0 Å². The Hall–Kier alpha value is -3.45. The quantitative estimate of drug-likeness (QED) is 0.345. The molecule has 0 aliphatic carbocycles. The second-order valence-electron chi connectivity index (χ2n) is 7.30. The fraction of sp³-hybridized carbons (Fsp3) is 0.160. The Kier molecular flexibility index (Phi) is 7.30. The molecule has 1 atom stereocenters. The molecular weight excluding hydrogens is 470 g/mol. The van der Waals surface area contributed by atoms with Gasteiger partial charge < -0.3 is 14.6 Å². The van der Waals surface area contributed by atoms with Crippen LogP contribution in [0.15, 0.2) is 93.9 Å². The number of halogens is 1. The third-order valence-corrected chi connectivity index (χ3v) is 5.37. The van der Waals surface area contributed by atoms with E-state index in [1.165, 1.54) is 0 Å². The molecule has 1 heterocycles. The van der Waals surface area contributed by atoms with Crippen molar-refractivity contribution in [2.45, 2.75) is 25.5 Å². The third-order valence-electron chi connectivity index (χ3n) is 4.84. The summed E-state index contributed by atoms with van der Waals surface area (Å²) in [5.74, 6) is 0.900. The first-order chi connectivity index (χ1) is 15.7. The molecule has 0 radical (unpaired) electrons. The van der Waals surface area contributed by atoms with E-state index in [-0.39, 0.29) is 6.61 Å². The Morgan fingerprint density at radius 2 is 1.56 bits per heavy atom. The Morgan fingerprint density at radius 3 is 2.25 bits per heavy atom. The largest absolute Gasteiger partial charge is 0.445 e. The zero-order valence-corrected chi connectivity index (χ0v) is 18.9. The minimum atomic E-state index is -0.539. The number of amides is 1. The minimum Gasteiger partial charge on any atom is -0.445 e. The van der Waals surface area contributed by atoms with Crippen LogP contribution in [0.3, 0.4) is 0 Å². The first kappa shape index (κ1) is 21.8. The number of alkyl carbamates (subject to hydrolysis) is 1. The van der Waals surface area contributed by atoms with Crippen LogP contribution in [0, 0.1) is 0 Å². The zero-order chi connectivity index (χ0) is 22.2. The van der Waals surface area contributed by atoms with Crippen LogP contribution in [0.1, 0.15) is 34.4 Å². The van der Waals surface area contributed by atoms with E-state index >= 15 is 0 Å². The lowest BCUT2D eigenvalue weighted by molar-refractivity contribution is 0.133. The van der Waals surface area contributed by atoms with Gasteiger partial charge in [-0.15, -0.1) is 0 Å². The van der Waals surface area contributed by atoms with Crippen LogP contribution in [-0.4, -0.2) is 16.2 Å². The summed E-state index contributed by atoms with van der Waals surface area (Å²) in [6.07, 6.45) is 0.497. The van der Waals surface area contributed by atoms with Crippen molar-refractivity contribution in [1.82, 2.24) is 15.5 Å². The van der Waals surface area contributed by atoms with Gasteiger partial charge in [0.05, 0.1) is 0 Å². The first-order valence-corrected chi connectivity index (χ1v) is 11.0. The smallest absolute Gasteiger partial charge is 0.408 e. The molecule has 0 fully saturated rings. The molecule has 3 aromatic carbocycles. The predicted molar refractivity (Wildman–Crippen MR) is 124 cm³/mol. The van der Waals surface area contributed by atoms with Crippen molar-refractivity contribution in [1.29, 1.82) is 0 Å². The van der Waals surface area contributed by atoms with Crippen LogP contribution in [0.25, 0.3) is 0 Å². The fourth-order valence-corrected chi connectivity index (χ4v) is 3.49. The maximum absolute atomic E-state index is 12.5. The highest BCUT2D eigenvalue weighted by atomic mass is 79.9. The number of carbonyl (C=O) groups is 1. The van der Waals surface area contributed by atoms with Crippen LogP contribution in [0.5, 0.6) is 0 Å². The fourth-order valence-electron chi connectivity index (χ4n) is 3.22. The lowest BCUT2D eigenvalue weighted by atomic mass is 10.1. The highest BCUT2D eigenvalue weighted by Crippen LogP contribution is 2.19. The number of ether oxygens (including phenoxy) is 1. The highest BCUT2D eigenvalue weighted by molar-refractivity contribution is 9.10. The Labute approximate surface area is 194 Å². The molecule has 0 saturated heterocycles. The lowest BCUT2D eigenvalue weighted by Crippen LogP contribution is -2.30.